The Morgan fingerprint density at radius 3 is 2.68 bits per heavy atom. The molecule has 0 radical (unpaired) electrons. The largest absolute Gasteiger partial charge is 0.370 e. The predicted octanol–water partition coefficient (Wildman–Crippen LogP) is 1.49. The van der Waals surface area contributed by atoms with E-state index in [1.807, 2.05) is 35.5 Å². The molecule has 3 atom stereocenters. The van der Waals surface area contributed by atoms with Crippen LogP contribution in [0.3, 0.4) is 0 Å². The Hall–Kier alpha value is -2.65. The molecule has 8 nitrogen and oxygen atoms in total. The Bertz CT molecular complexity index is 1130. The van der Waals surface area contributed by atoms with Gasteiger partial charge in [0.15, 0.2) is 0 Å². The Labute approximate surface area is 183 Å². The number of anilines is 1. The van der Waals surface area contributed by atoms with Crippen LogP contribution in [0.5, 0.6) is 0 Å². The lowest BCUT2D eigenvalue weighted by molar-refractivity contribution is 0.225. The Morgan fingerprint density at radius 2 is 1.97 bits per heavy atom. The number of pyridine rings is 1. The van der Waals surface area contributed by atoms with Gasteiger partial charge in [-0.05, 0) is 26.0 Å². The third kappa shape index (κ3) is 4.24. The van der Waals surface area contributed by atoms with Gasteiger partial charge in [0.1, 0.15) is 0 Å². The van der Waals surface area contributed by atoms with E-state index in [9.17, 15) is 13.2 Å². The lowest BCUT2D eigenvalue weighted by atomic mass is 9.93. The van der Waals surface area contributed by atoms with E-state index in [2.05, 4.69) is 33.9 Å². The summed E-state index contributed by atoms with van der Waals surface area (Å²) in [6.45, 7) is 3.81. The Balaban J connectivity index is 1.61. The standard InChI is InChI=1S/C22H29N5O3S/c1-16-19(12-24-27(16)13-17-7-5-4-6-8-17)20-15-25(3)22(28)11-21(20)26-10-9-18(14-26)31(29,30)23-2/h4-8,11-12,15-16,18-19,23H,9-10,13-14H2,1-3H3. The van der Waals surface area contributed by atoms with E-state index in [-0.39, 0.29) is 17.5 Å². The summed E-state index contributed by atoms with van der Waals surface area (Å²) in [7, 11) is -0.166. The van der Waals surface area contributed by atoms with Crippen LogP contribution in [0, 0.1) is 0 Å². The third-order valence-electron chi connectivity index (χ3n) is 6.36. The molecular weight excluding hydrogens is 414 g/mol. The number of benzene rings is 1. The molecule has 9 heteroatoms. The fourth-order valence-corrected chi connectivity index (χ4v) is 5.53. The molecule has 0 amide bonds. The van der Waals surface area contributed by atoms with Crippen LogP contribution >= 0.6 is 0 Å². The molecule has 1 N–H and O–H groups in total. The highest BCUT2D eigenvalue weighted by Crippen LogP contribution is 2.35. The zero-order chi connectivity index (χ0) is 22.2. The molecule has 0 saturated carbocycles. The van der Waals surface area contributed by atoms with Gasteiger partial charge in [0.05, 0.1) is 17.8 Å². The van der Waals surface area contributed by atoms with E-state index in [1.54, 1.807) is 17.7 Å². The lowest BCUT2D eigenvalue weighted by Crippen LogP contribution is -2.35. The fraction of sp³-hybridized carbons (Fsp3) is 0.455. The van der Waals surface area contributed by atoms with E-state index in [1.165, 1.54) is 12.6 Å². The molecular formula is C22H29N5O3S. The highest BCUT2D eigenvalue weighted by atomic mass is 32.2. The molecule has 0 spiro atoms. The molecule has 3 heterocycles. The van der Waals surface area contributed by atoms with Gasteiger partial charge in [0.2, 0.25) is 10.0 Å². The molecule has 1 fully saturated rings. The van der Waals surface area contributed by atoms with Crippen LogP contribution in [-0.4, -0.2) is 55.6 Å². The van der Waals surface area contributed by atoms with E-state index in [0.717, 1.165) is 11.3 Å². The van der Waals surface area contributed by atoms with Gasteiger partial charge in [-0.3, -0.25) is 9.80 Å². The van der Waals surface area contributed by atoms with Gasteiger partial charge < -0.3 is 9.47 Å². The summed E-state index contributed by atoms with van der Waals surface area (Å²) in [4.78, 5) is 14.5. The van der Waals surface area contributed by atoms with Crippen LogP contribution in [-0.2, 0) is 23.6 Å². The maximum absolute atomic E-state index is 12.4. The fourth-order valence-electron chi connectivity index (χ4n) is 4.41. The minimum atomic E-state index is -3.35. The topological polar surface area (TPSA) is 87.0 Å². The zero-order valence-corrected chi connectivity index (χ0v) is 18.9. The van der Waals surface area contributed by atoms with Crippen molar-refractivity contribution in [1.29, 1.82) is 0 Å². The molecule has 1 aromatic carbocycles. The number of hydrogen-bond acceptors (Lipinski definition) is 6. The highest BCUT2D eigenvalue weighted by molar-refractivity contribution is 7.90. The second kappa shape index (κ2) is 8.47. The second-order valence-electron chi connectivity index (χ2n) is 8.28. The minimum absolute atomic E-state index is 0.00506. The van der Waals surface area contributed by atoms with Crippen molar-refractivity contribution >= 4 is 21.9 Å². The van der Waals surface area contributed by atoms with Gasteiger partial charge in [-0.15, -0.1) is 0 Å². The molecule has 3 unspecified atom stereocenters. The summed E-state index contributed by atoms with van der Waals surface area (Å²) in [5.74, 6) is 0.00506. The molecule has 166 valence electrons. The van der Waals surface area contributed by atoms with Gasteiger partial charge in [-0.1, -0.05) is 30.3 Å². The van der Waals surface area contributed by atoms with Crippen LogP contribution in [0.2, 0.25) is 0 Å². The predicted molar refractivity (Wildman–Crippen MR) is 123 cm³/mol. The number of sulfonamides is 1. The monoisotopic (exact) mass is 443 g/mol. The molecule has 31 heavy (non-hydrogen) atoms. The molecule has 1 aromatic heterocycles. The first-order valence-electron chi connectivity index (χ1n) is 10.5. The normalized spacial score (nSPS) is 23.6. The summed E-state index contributed by atoms with van der Waals surface area (Å²) in [6.07, 6.45) is 4.35. The molecule has 2 aliphatic heterocycles. The van der Waals surface area contributed by atoms with Crippen LogP contribution in [0.1, 0.15) is 30.4 Å². The van der Waals surface area contributed by atoms with Crippen molar-refractivity contribution in [3.8, 4) is 0 Å². The van der Waals surface area contributed by atoms with E-state index >= 15 is 0 Å². The van der Waals surface area contributed by atoms with Crippen LogP contribution in [0.15, 0.2) is 52.5 Å². The summed E-state index contributed by atoms with van der Waals surface area (Å²) in [5, 5.41) is 6.23. The van der Waals surface area contributed by atoms with Crippen molar-refractivity contribution in [2.24, 2.45) is 12.1 Å². The quantitative estimate of drug-likeness (QED) is 0.731. The molecule has 0 aliphatic carbocycles. The van der Waals surface area contributed by atoms with Crippen LogP contribution < -0.4 is 15.2 Å². The second-order valence-corrected chi connectivity index (χ2v) is 10.4. The smallest absolute Gasteiger partial charge is 0.252 e. The number of rotatable bonds is 6. The summed E-state index contributed by atoms with van der Waals surface area (Å²) in [6, 6.07) is 11.9. The maximum atomic E-state index is 12.4. The Kier molecular flexibility index (Phi) is 5.90. The number of aromatic nitrogens is 1. The number of nitrogens with one attached hydrogen (secondary N) is 1. The third-order valence-corrected chi connectivity index (χ3v) is 8.19. The molecule has 2 aromatic rings. The van der Waals surface area contributed by atoms with Crippen molar-refractivity contribution < 1.29 is 8.42 Å². The van der Waals surface area contributed by atoms with Gasteiger partial charge in [0.25, 0.3) is 5.56 Å². The van der Waals surface area contributed by atoms with Crippen molar-refractivity contribution in [3.05, 3.63) is 64.1 Å². The maximum Gasteiger partial charge on any atom is 0.252 e. The summed E-state index contributed by atoms with van der Waals surface area (Å²) < 4.78 is 28.6. The average molecular weight is 444 g/mol. The molecule has 0 bridgehead atoms. The SMILES string of the molecule is CNS(=O)(=O)C1CCN(c2cc(=O)n(C)cc2C2C=NN(Cc3ccccc3)C2C)C1. The first-order chi connectivity index (χ1) is 14.8. The van der Waals surface area contributed by atoms with Crippen LogP contribution in [0.4, 0.5) is 5.69 Å². The number of nitrogens with zero attached hydrogens (tertiary/aromatic N) is 4. The van der Waals surface area contributed by atoms with E-state index in [0.29, 0.717) is 26.1 Å². The number of aryl methyl sites for hydroxylation is 1. The van der Waals surface area contributed by atoms with Gasteiger partial charge in [-0.25, -0.2) is 13.1 Å². The zero-order valence-electron chi connectivity index (χ0n) is 18.1. The molecule has 2 aliphatic rings. The van der Waals surface area contributed by atoms with Crippen LogP contribution in [0.25, 0.3) is 0 Å². The summed E-state index contributed by atoms with van der Waals surface area (Å²) in [5.41, 5.74) is 2.88. The van der Waals surface area contributed by atoms with Crippen molar-refractivity contribution in [3.63, 3.8) is 0 Å². The van der Waals surface area contributed by atoms with Crippen molar-refractivity contribution in [2.75, 3.05) is 25.0 Å². The van der Waals surface area contributed by atoms with Gasteiger partial charge >= 0.3 is 0 Å². The first-order valence-corrected chi connectivity index (χ1v) is 12.1. The number of hydrogen-bond donors (Lipinski definition) is 1. The lowest BCUT2D eigenvalue weighted by Gasteiger charge is -2.28. The van der Waals surface area contributed by atoms with Gasteiger partial charge in [-0.2, -0.15) is 5.10 Å². The van der Waals surface area contributed by atoms with E-state index in [4.69, 9.17) is 0 Å². The molecule has 1 saturated heterocycles. The van der Waals surface area contributed by atoms with E-state index < -0.39 is 15.3 Å². The average Bonchev–Trinajstić information content (AvgIpc) is 3.39. The van der Waals surface area contributed by atoms with Crippen molar-refractivity contribution in [2.45, 2.75) is 37.1 Å². The van der Waals surface area contributed by atoms with Crippen molar-refractivity contribution in [1.82, 2.24) is 14.3 Å². The summed E-state index contributed by atoms with van der Waals surface area (Å²) >= 11 is 0. The van der Waals surface area contributed by atoms with Gasteiger partial charge in [0, 0.05) is 55.8 Å². The highest BCUT2D eigenvalue weighted by Gasteiger charge is 2.36. The Morgan fingerprint density at radius 1 is 1.23 bits per heavy atom. The first kappa shape index (κ1) is 21.6. The molecule has 4 rings (SSSR count). The minimum Gasteiger partial charge on any atom is -0.370 e. The number of hydrazone groups is 1.